The highest BCUT2D eigenvalue weighted by Gasteiger charge is 2.49. The Morgan fingerprint density at radius 3 is 2.54 bits per heavy atom. The standard InChI is InChI=1S/C21H20F4N2O/c22-14-5-6-16(17(23)9-14)20(27-10-21(24,25)11-27)18(28)8-13-7-12-3-1-2-4-15(12)19(13)26/h1-6,9,13,19-20H,7-8,10-11,26H2/t13-,19-,20?/m1/s1. The van der Waals surface area contributed by atoms with Crippen molar-refractivity contribution in [3.63, 3.8) is 0 Å². The maximum absolute atomic E-state index is 14.3. The van der Waals surface area contributed by atoms with Gasteiger partial charge in [-0.3, -0.25) is 9.69 Å². The Kier molecular flexibility index (Phi) is 4.75. The number of nitrogens with two attached hydrogens (primary N) is 1. The lowest BCUT2D eigenvalue weighted by molar-refractivity contribution is -0.158. The minimum Gasteiger partial charge on any atom is -0.324 e. The second kappa shape index (κ2) is 6.97. The molecule has 4 rings (SSSR count). The first kappa shape index (κ1) is 19.1. The number of halogens is 4. The molecule has 1 heterocycles. The van der Waals surface area contributed by atoms with Gasteiger partial charge in [-0.1, -0.05) is 30.3 Å². The SMILES string of the molecule is N[C@H]1c2ccccc2C[C@@H]1CC(=O)C(c1ccc(F)cc1F)N1CC(F)(F)C1. The average molecular weight is 392 g/mol. The van der Waals surface area contributed by atoms with E-state index in [0.29, 0.717) is 12.5 Å². The van der Waals surface area contributed by atoms with Crippen LogP contribution in [0.5, 0.6) is 0 Å². The van der Waals surface area contributed by atoms with Gasteiger partial charge in [0, 0.05) is 24.1 Å². The zero-order valence-electron chi connectivity index (χ0n) is 15.0. The molecular formula is C21H20F4N2O. The Morgan fingerprint density at radius 2 is 1.89 bits per heavy atom. The molecular weight excluding hydrogens is 372 g/mol. The van der Waals surface area contributed by atoms with Crippen LogP contribution in [0.3, 0.4) is 0 Å². The third-order valence-corrected chi connectivity index (χ3v) is 5.66. The molecule has 1 fully saturated rings. The van der Waals surface area contributed by atoms with Gasteiger partial charge in [0.2, 0.25) is 0 Å². The fraction of sp³-hybridized carbons (Fsp3) is 0.381. The van der Waals surface area contributed by atoms with Crippen LogP contribution in [-0.4, -0.2) is 29.7 Å². The summed E-state index contributed by atoms with van der Waals surface area (Å²) in [6, 6.07) is 9.00. The van der Waals surface area contributed by atoms with Gasteiger partial charge in [0.05, 0.1) is 19.1 Å². The molecule has 1 aliphatic heterocycles. The normalized spacial score (nSPS) is 24.5. The van der Waals surface area contributed by atoms with Crippen molar-refractivity contribution in [2.24, 2.45) is 11.7 Å². The second-order valence-corrected chi connectivity index (χ2v) is 7.69. The Morgan fingerprint density at radius 1 is 1.18 bits per heavy atom. The lowest BCUT2D eigenvalue weighted by Gasteiger charge is -2.43. The number of Topliss-reactive ketones (excluding diaryl/α,β-unsaturated/α-hetero) is 1. The molecule has 0 aromatic heterocycles. The number of likely N-dealkylation sites (tertiary alicyclic amines) is 1. The summed E-state index contributed by atoms with van der Waals surface area (Å²) in [5.74, 6) is -5.16. The number of ketones is 1. The highest BCUT2D eigenvalue weighted by molar-refractivity contribution is 5.86. The van der Waals surface area contributed by atoms with Gasteiger partial charge >= 0.3 is 0 Å². The topological polar surface area (TPSA) is 46.3 Å². The van der Waals surface area contributed by atoms with Gasteiger partial charge < -0.3 is 5.73 Å². The lowest BCUT2D eigenvalue weighted by Crippen LogP contribution is -2.58. The zero-order valence-corrected chi connectivity index (χ0v) is 15.0. The van der Waals surface area contributed by atoms with Crippen LogP contribution in [0.15, 0.2) is 42.5 Å². The summed E-state index contributed by atoms with van der Waals surface area (Å²) in [6.45, 7) is -1.26. The number of alkyl halides is 2. The molecule has 3 nitrogen and oxygen atoms in total. The number of benzene rings is 2. The molecule has 2 aliphatic rings. The molecule has 0 saturated carbocycles. The molecule has 0 bridgehead atoms. The molecule has 1 aliphatic carbocycles. The Hall–Kier alpha value is -2.25. The summed E-state index contributed by atoms with van der Waals surface area (Å²) in [7, 11) is 0. The van der Waals surface area contributed by atoms with E-state index in [2.05, 4.69) is 0 Å². The van der Waals surface area contributed by atoms with E-state index >= 15 is 0 Å². The van der Waals surface area contributed by atoms with Crippen molar-refractivity contribution >= 4 is 5.78 Å². The van der Waals surface area contributed by atoms with Crippen molar-refractivity contribution in [1.82, 2.24) is 4.90 Å². The van der Waals surface area contributed by atoms with Gasteiger partial charge in [-0.2, -0.15) is 0 Å². The fourth-order valence-electron chi connectivity index (χ4n) is 4.31. The van der Waals surface area contributed by atoms with E-state index < -0.39 is 36.7 Å². The van der Waals surface area contributed by atoms with Crippen molar-refractivity contribution in [3.05, 3.63) is 70.8 Å². The van der Waals surface area contributed by atoms with Crippen molar-refractivity contribution < 1.29 is 22.4 Å². The molecule has 1 saturated heterocycles. The van der Waals surface area contributed by atoms with Crippen LogP contribution < -0.4 is 5.73 Å². The van der Waals surface area contributed by atoms with Gasteiger partial charge in [-0.15, -0.1) is 0 Å². The molecule has 2 N–H and O–H groups in total. The van der Waals surface area contributed by atoms with Gasteiger partial charge in [0.15, 0.2) is 5.78 Å². The van der Waals surface area contributed by atoms with Gasteiger partial charge in [0.1, 0.15) is 11.6 Å². The maximum atomic E-state index is 14.3. The number of carbonyl (C=O) groups excluding carboxylic acids is 1. The van der Waals surface area contributed by atoms with Crippen LogP contribution in [0.4, 0.5) is 17.6 Å². The molecule has 3 atom stereocenters. The number of rotatable bonds is 5. The van der Waals surface area contributed by atoms with E-state index in [-0.39, 0.29) is 29.7 Å². The van der Waals surface area contributed by atoms with Gasteiger partial charge in [-0.25, -0.2) is 17.6 Å². The van der Waals surface area contributed by atoms with E-state index in [4.69, 9.17) is 5.73 Å². The summed E-state index contributed by atoms with van der Waals surface area (Å²) >= 11 is 0. The fourth-order valence-corrected chi connectivity index (χ4v) is 4.31. The van der Waals surface area contributed by atoms with E-state index in [9.17, 15) is 22.4 Å². The summed E-state index contributed by atoms with van der Waals surface area (Å²) in [4.78, 5) is 14.3. The van der Waals surface area contributed by atoms with Crippen molar-refractivity contribution in [2.75, 3.05) is 13.1 Å². The second-order valence-electron chi connectivity index (χ2n) is 7.69. The molecule has 7 heteroatoms. The van der Waals surface area contributed by atoms with Crippen molar-refractivity contribution in [1.29, 1.82) is 0 Å². The molecule has 2 aromatic carbocycles. The molecule has 0 radical (unpaired) electrons. The Bertz CT molecular complexity index is 909. The van der Waals surface area contributed by atoms with E-state index in [1.807, 2.05) is 24.3 Å². The average Bonchev–Trinajstić information content (AvgIpc) is 2.91. The number of hydrogen-bond acceptors (Lipinski definition) is 3. The first-order valence-corrected chi connectivity index (χ1v) is 9.18. The molecule has 1 unspecified atom stereocenters. The highest BCUT2D eigenvalue weighted by atomic mass is 19.3. The number of carbonyl (C=O) groups is 1. The van der Waals surface area contributed by atoms with E-state index in [0.717, 1.165) is 23.3 Å². The molecule has 148 valence electrons. The van der Waals surface area contributed by atoms with Gasteiger partial charge in [-0.05, 0) is 29.5 Å². The van der Waals surface area contributed by atoms with E-state index in [1.54, 1.807) is 0 Å². The Balaban J connectivity index is 1.58. The van der Waals surface area contributed by atoms with Crippen molar-refractivity contribution in [2.45, 2.75) is 30.8 Å². The van der Waals surface area contributed by atoms with Gasteiger partial charge in [0.25, 0.3) is 5.92 Å². The van der Waals surface area contributed by atoms with Crippen LogP contribution in [0, 0.1) is 17.6 Å². The lowest BCUT2D eigenvalue weighted by atomic mass is 9.88. The monoisotopic (exact) mass is 392 g/mol. The van der Waals surface area contributed by atoms with Crippen molar-refractivity contribution in [3.8, 4) is 0 Å². The predicted molar refractivity (Wildman–Crippen MR) is 95.8 cm³/mol. The minimum atomic E-state index is -2.91. The van der Waals surface area contributed by atoms with Crippen LogP contribution in [0.1, 0.15) is 35.2 Å². The molecule has 2 aromatic rings. The van der Waals surface area contributed by atoms with Crippen LogP contribution in [-0.2, 0) is 11.2 Å². The number of hydrogen-bond donors (Lipinski definition) is 1. The summed E-state index contributed by atoms with van der Waals surface area (Å²) in [6.07, 6.45) is 0.650. The summed E-state index contributed by atoms with van der Waals surface area (Å²) in [5.41, 5.74) is 8.24. The zero-order chi connectivity index (χ0) is 20.1. The Labute approximate surface area is 160 Å². The number of nitrogens with zero attached hydrogens (tertiary/aromatic N) is 1. The first-order valence-electron chi connectivity index (χ1n) is 9.18. The van der Waals surface area contributed by atoms with E-state index in [1.165, 1.54) is 4.90 Å². The smallest absolute Gasteiger partial charge is 0.273 e. The summed E-state index contributed by atoms with van der Waals surface area (Å²) < 4.78 is 54.5. The third-order valence-electron chi connectivity index (χ3n) is 5.66. The molecule has 0 spiro atoms. The summed E-state index contributed by atoms with van der Waals surface area (Å²) in [5, 5.41) is 0. The largest absolute Gasteiger partial charge is 0.324 e. The van der Waals surface area contributed by atoms with Crippen LogP contribution >= 0.6 is 0 Å². The molecule has 28 heavy (non-hydrogen) atoms. The maximum Gasteiger partial charge on any atom is 0.273 e. The minimum absolute atomic E-state index is 0.0411. The predicted octanol–water partition coefficient (Wildman–Crippen LogP) is 3.79. The number of fused-ring (bicyclic) bond motifs is 1. The third kappa shape index (κ3) is 3.44. The van der Waals surface area contributed by atoms with Crippen LogP contribution in [0.2, 0.25) is 0 Å². The van der Waals surface area contributed by atoms with Crippen LogP contribution in [0.25, 0.3) is 0 Å². The molecule has 0 amide bonds. The quantitative estimate of drug-likeness (QED) is 0.788. The highest BCUT2D eigenvalue weighted by Crippen LogP contribution is 2.40. The first-order chi connectivity index (χ1) is 13.2.